The highest BCUT2D eigenvalue weighted by atomic mass is 16.5. The van der Waals surface area contributed by atoms with Crippen molar-refractivity contribution in [2.75, 3.05) is 39.5 Å². The summed E-state index contributed by atoms with van der Waals surface area (Å²) in [7, 11) is 0. The summed E-state index contributed by atoms with van der Waals surface area (Å²) < 4.78 is 11.6. The largest absolute Gasteiger partial charge is 0.379 e. The predicted octanol–water partition coefficient (Wildman–Crippen LogP) is 2.18. The molecule has 0 amide bonds. The number of ether oxygens (including phenoxy) is 2. The van der Waals surface area contributed by atoms with Gasteiger partial charge in [0.25, 0.3) is 0 Å². The third-order valence-corrected chi connectivity index (χ3v) is 5.41. The number of nitrogens with zero attached hydrogens (tertiary/aromatic N) is 1. The second-order valence-electron chi connectivity index (χ2n) is 7.26. The van der Waals surface area contributed by atoms with Gasteiger partial charge in [-0.2, -0.15) is 0 Å². The van der Waals surface area contributed by atoms with Gasteiger partial charge in [-0.25, -0.2) is 0 Å². The molecule has 1 saturated carbocycles. The molecule has 21 heavy (non-hydrogen) atoms. The van der Waals surface area contributed by atoms with Crippen LogP contribution in [0.5, 0.6) is 0 Å². The topological polar surface area (TPSA) is 33.7 Å². The standard InChI is InChI=1S/C17H32N2O2/c1-15(14-19-8-11-20-12-9-19)18-16-5-10-21-17(13-16)6-3-2-4-7-17/h15-16,18H,2-14H2,1H3. The molecule has 2 atom stereocenters. The minimum atomic E-state index is 0.215. The molecule has 0 radical (unpaired) electrons. The van der Waals surface area contributed by atoms with E-state index in [1.807, 2.05) is 0 Å². The summed E-state index contributed by atoms with van der Waals surface area (Å²) in [6.07, 6.45) is 9.07. The first kappa shape index (κ1) is 15.7. The zero-order chi connectivity index (χ0) is 14.5. The minimum absolute atomic E-state index is 0.215. The molecule has 0 aromatic rings. The third-order valence-electron chi connectivity index (χ3n) is 5.41. The molecule has 3 aliphatic rings. The number of nitrogens with one attached hydrogen (secondary N) is 1. The van der Waals surface area contributed by atoms with E-state index in [9.17, 15) is 0 Å². The minimum Gasteiger partial charge on any atom is -0.379 e. The first-order valence-electron chi connectivity index (χ1n) is 8.96. The first-order chi connectivity index (χ1) is 10.3. The number of hydrogen-bond acceptors (Lipinski definition) is 4. The molecule has 4 nitrogen and oxygen atoms in total. The summed E-state index contributed by atoms with van der Waals surface area (Å²) in [4.78, 5) is 2.52. The van der Waals surface area contributed by atoms with E-state index in [1.54, 1.807) is 0 Å². The quantitative estimate of drug-likeness (QED) is 0.862. The van der Waals surface area contributed by atoms with Crippen molar-refractivity contribution in [2.24, 2.45) is 0 Å². The van der Waals surface area contributed by atoms with Crippen LogP contribution in [-0.2, 0) is 9.47 Å². The second-order valence-corrected chi connectivity index (χ2v) is 7.26. The molecule has 4 heteroatoms. The normalized spacial score (nSPS) is 32.1. The van der Waals surface area contributed by atoms with Gasteiger partial charge in [-0.1, -0.05) is 19.3 Å². The Kier molecular flexibility index (Phi) is 5.54. The van der Waals surface area contributed by atoms with Crippen LogP contribution < -0.4 is 5.32 Å². The Morgan fingerprint density at radius 2 is 1.90 bits per heavy atom. The van der Waals surface area contributed by atoms with Gasteiger partial charge in [0, 0.05) is 38.3 Å². The molecule has 0 bridgehead atoms. The smallest absolute Gasteiger partial charge is 0.0697 e. The van der Waals surface area contributed by atoms with Gasteiger partial charge in [0.2, 0.25) is 0 Å². The zero-order valence-electron chi connectivity index (χ0n) is 13.6. The van der Waals surface area contributed by atoms with E-state index < -0.39 is 0 Å². The summed E-state index contributed by atoms with van der Waals surface area (Å²) in [5, 5.41) is 3.88. The Morgan fingerprint density at radius 3 is 2.67 bits per heavy atom. The molecule has 3 fully saturated rings. The van der Waals surface area contributed by atoms with Crippen LogP contribution in [0.4, 0.5) is 0 Å². The summed E-state index contributed by atoms with van der Waals surface area (Å²) in [5.74, 6) is 0. The highest BCUT2D eigenvalue weighted by molar-refractivity contribution is 4.92. The van der Waals surface area contributed by atoms with Crippen LogP contribution in [0.3, 0.4) is 0 Å². The number of morpholine rings is 1. The first-order valence-corrected chi connectivity index (χ1v) is 8.96. The van der Waals surface area contributed by atoms with Gasteiger partial charge in [-0.05, 0) is 32.6 Å². The molecule has 1 spiro atoms. The average Bonchev–Trinajstić information content (AvgIpc) is 2.49. The Hall–Kier alpha value is -0.160. The van der Waals surface area contributed by atoms with Crippen molar-refractivity contribution in [3.8, 4) is 0 Å². The molecule has 0 aromatic heterocycles. The highest BCUT2D eigenvalue weighted by Crippen LogP contribution is 2.38. The van der Waals surface area contributed by atoms with Crippen LogP contribution in [0.15, 0.2) is 0 Å². The van der Waals surface area contributed by atoms with Gasteiger partial charge in [-0.3, -0.25) is 4.90 Å². The molecular weight excluding hydrogens is 264 g/mol. The summed E-state index contributed by atoms with van der Waals surface area (Å²) in [5.41, 5.74) is 0.215. The zero-order valence-corrected chi connectivity index (χ0v) is 13.6. The van der Waals surface area contributed by atoms with Gasteiger partial charge in [0.05, 0.1) is 18.8 Å². The lowest BCUT2D eigenvalue weighted by molar-refractivity contribution is -0.110. The summed E-state index contributed by atoms with van der Waals surface area (Å²) >= 11 is 0. The monoisotopic (exact) mass is 296 g/mol. The Labute approximate surface area is 129 Å². The Balaban J connectivity index is 1.45. The van der Waals surface area contributed by atoms with Gasteiger partial charge >= 0.3 is 0 Å². The van der Waals surface area contributed by atoms with Crippen molar-refractivity contribution < 1.29 is 9.47 Å². The molecule has 1 aliphatic carbocycles. The molecule has 1 N–H and O–H groups in total. The molecule has 2 heterocycles. The molecule has 3 rings (SSSR count). The van der Waals surface area contributed by atoms with Crippen LogP contribution in [0.2, 0.25) is 0 Å². The van der Waals surface area contributed by atoms with Crippen molar-refractivity contribution in [3.05, 3.63) is 0 Å². The van der Waals surface area contributed by atoms with E-state index >= 15 is 0 Å². The van der Waals surface area contributed by atoms with E-state index in [1.165, 1.54) is 44.9 Å². The lowest BCUT2D eigenvalue weighted by Crippen LogP contribution is -2.52. The van der Waals surface area contributed by atoms with Crippen molar-refractivity contribution in [1.29, 1.82) is 0 Å². The molecule has 2 saturated heterocycles. The van der Waals surface area contributed by atoms with Gasteiger partial charge in [0.1, 0.15) is 0 Å². The Bertz CT molecular complexity index is 306. The fraction of sp³-hybridized carbons (Fsp3) is 1.00. The van der Waals surface area contributed by atoms with Crippen molar-refractivity contribution in [2.45, 2.75) is 69.6 Å². The lowest BCUT2D eigenvalue weighted by Gasteiger charge is -2.44. The highest BCUT2D eigenvalue weighted by Gasteiger charge is 2.38. The van der Waals surface area contributed by atoms with Gasteiger partial charge in [0.15, 0.2) is 0 Å². The fourth-order valence-corrected chi connectivity index (χ4v) is 4.34. The second kappa shape index (κ2) is 7.40. The summed E-state index contributed by atoms with van der Waals surface area (Å²) in [6, 6.07) is 1.21. The van der Waals surface area contributed by atoms with Crippen LogP contribution in [0, 0.1) is 0 Å². The molecular formula is C17H32N2O2. The maximum Gasteiger partial charge on any atom is 0.0697 e. The molecule has 0 aromatic carbocycles. The molecule has 2 aliphatic heterocycles. The summed E-state index contributed by atoms with van der Waals surface area (Å²) in [6.45, 7) is 8.39. The predicted molar refractivity (Wildman–Crippen MR) is 84.6 cm³/mol. The Morgan fingerprint density at radius 1 is 1.14 bits per heavy atom. The third kappa shape index (κ3) is 4.41. The molecule has 122 valence electrons. The van der Waals surface area contributed by atoms with E-state index in [2.05, 4.69) is 17.1 Å². The van der Waals surface area contributed by atoms with Crippen LogP contribution in [0.1, 0.15) is 51.9 Å². The van der Waals surface area contributed by atoms with E-state index in [-0.39, 0.29) is 5.60 Å². The number of hydrogen-bond donors (Lipinski definition) is 1. The van der Waals surface area contributed by atoms with Crippen molar-refractivity contribution in [3.63, 3.8) is 0 Å². The van der Waals surface area contributed by atoms with Gasteiger partial charge < -0.3 is 14.8 Å². The van der Waals surface area contributed by atoms with Crippen molar-refractivity contribution >= 4 is 0 Å². The van der Waals surface area contributed by atoms with Crippen LogP contribution in [0.25, 0.3) is 0 Å². The molecule has 2 unspecified atom stereocenters. The van der Waals surface area contributed by atoms with E-state index in [4.69, 9.17) is 9.47 Å². The fourth-order valence-electron chi connectivity index (χ4n) is 4.34. The SMILES string of the molecule is CC(CN1CCOCC1)NC1CCOC2(CCCCC2)C1. The number of rotatable bonds is 4. The average molecular weight is 296 g/mol. The lowest BCUT2D eigenvalue weighted by atomic mass is 9.78. The van der Waals surface area contributed by atoms with Gasteiger partial charge in [-0.15, -0.1) is 0 Å². The van der Waals surface area contributed by atoms with Crippen molar-refractivity contribution in [1.82, 2.24) is 10.2 Å². The maximum atomic E-state index is 6.20. The van der Waals surface area contributed by atoms with E-state index in [0.717, 1.165) is 39.5 Å². The van der Waals surface area contributed by atoms with Crippen LogP contribution >= 0.6 is 0 Å². The van der Waals surface area contributed by atoms with E-state index in [0.29, 0.717) is 12.1 Å². The maximum absolute atomic E-state index is 6.20. The van der Waals surface area contributed by atoms with Crippen LogP contribution in [-0.4, -0.2) is 62.0 Å².